The number of aromatic nitrogens is 4. The Morgan fingerprint density at radius 3 is 2.58 bits per heavy atom. The van der Waals surface area contributed by atoms with E-state index >= 15 is 0 Å². The molecule has 4 N–H and O–H groups in total. The van der Waals surface area contributed by atoms with Gasteiger partial charge in [0.15, 0.2) is 5.65 Å². The molecule has 7 nitrogen and oxygen atoms in total. The third-order valence-corrected chi connectivity index (χ3v) is 3.28. The second-order valence-electron chi connectivity index (χ2n) is 5.36. The summed E-state index contributed by atoms with van der Waals surface area (Å²) in [6.07, 6.45) is 0.972. The molecule has 0 radical (unpaired) electrons. The first-order valence-electron chi connectivity index (χ1n) is 6.26. The average Bonchev–Trinajstić information content (AvgIpc) is 2.74. The van der Waals surface area contributed by atoms with Crippen LogP contribution in [0.3, 0.4) is 0 Å². The van der Waals surface area contributed by atoms with Crippen LogP contribution in [-0.4, -0.2) is 25.2 Å². The molecule has 0 atom stereocenters. The van der Waals surface area contributed by atoms with Crippen molar-refractivity contribution in [2.24, 2.45) is 12.8 Å². The normalized spacial score (nSPS) is 12.2. The van der Waals surface area contributed by atoms with E-state index in [1.807, 2.05) is 32.4 Å². The maximum Gasteiger partial charge on any atom is 0.219 e. The van der Waals surface area contributed by atoms with E-state index in [-0.39, 0.29) is 12.3 Å². The highest BCUT2D eigenvalue weighted by molar-refractivity contribution is 5.79. The molecule has 0 saturated carbocycles. The minimum Gasteiger partial charge on any atom is -0.370 e. The smallest absolute Gasteiger partial charge is 0.219 e. The molecule has 0 saturated heterocycles. The Morgan fingerprint density at radius 1 is 1.42 bits per heavy atom. The van der Waals surface area contributed by atoms with Crippen LogP contribution in [0.2, 0.25) is 0 Å². The van der Waals surface area contributed by atoms with Gasteiger partial charge in [-0.15, -0.1) is 0 Å². The molecule has 2 heterocycles. The van der Waals surface area contributed by atoms with Crippen LogP contribution in [-0.2, 0) is 23.8 Å². The highest BCUT2D eigenvalue weighted by atomic mass is 16.1. The van der Waals surface area contributed by atoms with Gasteiger partial charge in [0.1, 0.15) is 5.52 Å². The summed E-state index contributed by atoms with van der Waals surface area (Å²) in [5, 5.41) is 4.42. The fourth-order valence-electron chi connectivity index (χ4n) is 2.54. The van der Waals surface area contributed by atoms with Crippen LogP contribution in [0.4, 0.5) is 5.95 Å². The number of nitrogen functional groups attached to an aromatic ring is 1. The molecular weight excluding hydrogens is 244 g/mol. The number of primary amides is 1. The summed E-state index contributed by atoms with van der Waals surface area (Å²) in [4.78, 5) is 15.6. The predicted molar refractivity (Wildman–Crippen MR) is 73.4 cm³/mol. The van der Waals surface area contributed by atoms with E-state index < -0.39 is 5.54 Å². The molecule has 0 aromatic carbocycles. The SMILES string of the molecule is CCc1nn(C)c2c1nc(N)n2C(C)(C)CC(N)=O. The molecular formula is C12H20N6O. The van der Waals surface area contributed by atoms with Crippen LogP contribution >= 0.6 is 0 Å². The van der Waals surface area contributed by atoms with Crippen molar-refractivity contribution >= 4 is 23.0 Å². The Labute approximate surface area is 111 Å². The number of rotatable bonds is 4. The van der Waals surface area contributed by atoms with Gasteiger partial charge in [-0.2, -0.15) is 5.10 Å². The average molecular weight is 264 g/mol. The van der Waals surface area contributed by atoms with Crippen molar-refractivity contribution in [2.75, 3.05) is 5.73 Å². The number of anilines is 1. The summed E-state index contributed by atoms with van der Waals surface area (Å²) in [6, 6.07) is 0. The van der Waals surface area contributed by atoms with E-state index in [1.54, 1.807) is 4.68 Å². The van der Waals surface area contributed by atoms with Crippen molar-refractivity contribution < 1.29 is 4.79 Å². The van der Waals surface area contributed by atoms with Crippen molar-refractivity contribution in [1.82, 2.24) is 19.3 Å². The Bertz CT molecular complexity index is 636. The second kappa shape index (κ2) is 4.25. The predicted octanol–water partition coefficient (Wildman–Crippen LogP) is 0.525. The van der Waals surface area contributed by atoms with Crippen LogP contribution in [0.1, 0.15) is 32.9 Å². The maximum atomic E-state index is 11.2. The molecule has 0 aliphatic heterocycles. The summed E-state index contributed by atoms with van der Waals surface area (Å²) < 4.78 is 3.58. The molecule has 0 spiro atoms. The number of nitrogens with two attached hydrogens (primary N) is 2. The molecule has 2 rings (SSSR count). The van der Waals surface area contributed by atoms with Crippen molar-refractivity contribution in [1.29, 1.82) is 0 Å². The summed E-state index contributed by atoms with van der Waals surface area (Å²) in [5.41, 5.74) is 13.3. The van der Waals surface area contributed by atoms with Crippen molar-refractivity contribution in [3.05, 3.63) is 5.69 Å². The molecule has 1 amide bonds. The molecule has 0 bridgehead atoms. The van der Waals surface area contributed by atoms with E-state index in [9.17, 15) is 4.79 Å². The van der Waals surface area contributed by atoms with Gasteiger partial charge in [0, 0.05) is 13.5 Å². The Hall–Kier alpha value is -2.05. The zero-order chi connectivity index (χ0) is 14.4. The highest BCUT2D eigenvalue weighted by Gasteiger charge is 2.29. The molecule has 0 unspecified atom stereocenters. The largest absolute Gasteiger partial charge is 0.370 e. The lowest BCUT2D eigenvalue weighted by Crippen LogP contribution is -2.33. The number of imidazole rings is 1. The fourth-order valence-corrected chi connectivity index (χ4v) is 2.54. The van der Waals surface area contributed by atoms with Gasteiger partial charge < -0.3 is 11.5 Å². The summed E-state index contributed by atoms with van der Waals surface area (Å²) in [6.45, 7) is 5.84. The first kappa shape index (κ1) is 13.4. The van der Waals surface area contributed by atoms with Gasteiger partial charge in [0.2, 0.25) is 11.9 Å². The third-order valence-electron chi connectivity index (χ3n) is 3.28. The van der Waals surface area contributed by atoms with Crippen LogP contribution in [0.15, 0.2) is 0 Å². The zero-order valence-corrected chi connectivity index (χ0v) is 11.8. The van der Waals surface area contributed by atoms with Crippen LogP contribution in [0.25, 0.3) is 11.2 Å². The standard InChI is InChI=1S/C12H20N6O/c1-5-7-9-10(17(4)16-7)18(11(14)15-9)12(2,3)6-8(13)19/h5-6H2,1-4H3,(H2,13,19)(H2,14,15). The fraction of sp³-hybridized carbons (Fsp3) is 0.583. The van der Waals surface area contributed by atoms with E-state index in [0.717, 1.165) is 23.3 Å². The molecule has 0 fully saturated rings. The maximum absolute atomic E-state index is 11.2. The number of carbonyl (C=O) groups is 1. The number of hydrogen-bond acceptors (Lipinski definition) is 4. The Kier molecular flexibility index (Phi) is 3.00. The number of nitrogens with zero attached hydrogens (tertiary/aromatic N) is 4. The van der Waals surface area contributed by atoms with Crippen LogP contribution < -0.4 is 11.5 Å². The number of amides is 1. The molecule has 2 aromatic heterocycles. The molecule has 0 aliphatic carbocycles. The lowest BCUT2D eigenvalue weighted by Gasteiger charge is -2.26. The molecule has 19 heavy (non-hydrogen) atoms. The number of hydrogen-bond donors (Lipinski definition) is 2. The van der Waals surface area contributed by atoms with Gasteiger partial charge in [0.25, 0.3) is 0 Å². The zero-order valence-electron chi connectivity index (χ0n) is 11.8. The van der Waals surface area contributed by atoms with Crippen LogP contribution in [0.5, 0.6) is 0 Å². The third kappa shape index (κ3) is 2.05. The first-order chi connectivity index (χ1) is 8.77. The molecule has 0 aliphatic rings. The lowest BCUT2D eigenvalue weighted by atomic mass is 10.00. The van der Waals surface area contributed by atoms with Gasteiger partial charge in [-0.3, -0.25) is 14.0 Å². The van der Waals surface area contributed by atoms with Gasteiger partial charge in [-0.25, -0.2) is 4.98 Å². The molecule has 7 heteroatoms. The van der Waals surface area contributed by atoms with Crippen molar-refractivity contribution in [3.63, 3.8) is 0 Å². The van der Waals surface area contributed by atoms with E-state index in [0.29, 0.717) is 5.95 Å². The Balaban J connectivity index is 2.69. The van der Waals surface area contributed by atoms with E-state index in [2.05, 4.69) is 10.1 Å². The number of carbonyl (C=O) groups excluding carboxylic acids is 1. The minimum atomic E-state index is -0.538. The van der Waals surface area contributed by atoms with Gasteiger partial charge in [-0.05, 0) is 20.3 Å². The van der Waals surface area contributed by atoms with Crippen molar-refractivity contribution in [3.8, 4) is 0 Å². The van der Waals surface area contributed by atoms with Crippen LogP contribution in [0, 0.1) is 0 Å². The second-order valence-corrected chi connectivity index (χ2v) is 5.36. The summed E-state index contributed by atoms with van der Waals surface area (Å²) >= 11 is 0. The topological polar surface area (TPSA) is 105 Å². The van der Waals surface area contributed by atoms with Gasteiger partial charge in [0.05, 0.1) is 11.2 Å². The van der Waals surface area contributed by atoms with Crippen molar-refractivity contribution in [2.45, 2.75) is 39.2 Å². The first-order valence-corrected chi connectivity index (χ1v) is 6.26. The quantitative estimate of drug-likeness (QED) is 0.840. The Morgan fingerprint density at radius 2 is 2.05 bits per heavy atom. The number of fused-ring (bicyclic) bond motifs is 1. The minimum absolute atomic E-state index is 0.190. The highest BCUT2D eigenvalue weighted by Crippen LogP contribution is 2.30. The summed E-state index contributed by atoms with van der Waals surface area (Å²) in [5.74, 6) is 0.00748. The number of aryl methyl sites for hydroxylation is 2. The molecule has 104 valence electrons. The lowest BCUT2D eigenvalue weighted by molar-refractivity contribution is -0.119. The van der Waals surface area contributed by atoms with E-state index in [4.69, 9.17) is 11.5 Å². The monoisotopic (exact) mass is 264 g/mol. The molecule has 2 aromatic rings. The van der Waals surface area contributed by atoms with Gasteiger partial charge >= 0.3 is 0 Å². The summed E-state index contributed by atoms with van der Waals surface area (Å²) in [7, 11) is 1.85. The van der Waals surface area contributed by atoms with Gasteiger partial charge in [-0.1, -0.05) is 6.92 Å². The van der Waals surface area contributed by atoms with E-state index in [1.165, 1.54) is 0 Å².